The summed E-state index contributed by atoms with van der Waals surface area (Å²) in [5, 5.41) is 3.53. The first-order valence-electron chi connectivity index (χ1n) is 10.7. The van der Waals surface area contributed by atoms with Crippen LogP contribution in [0.5, 0.6) is 0 Å². The third-order valence-electron chi connectivity index (χ3n) is 5.89. The van der Waals surface area contributed by atoms with Crippen molar-refractivity contribution in [2.75, 3.05) is 11.9 Å². The first-order chi connectivity index (χ1) is 15.4. The fourth-order valence-corrected chi connectivity index (χ4v) is 4.32. The largest absolute Gasteiger partial charge is 0.351 e. The average molecular weight is 434 g/mol. The number of aryl methyl sites for hydroxylation is 1. The van der Waals surface area contributed by atoms with E-state index in [2.05, 4.69) is 5.32 Å². The van der Waals surface area contributed by atoms with Crippen LogP contribution in [0.2, 0.25) is 0 Å². The Bertz CT molecular complexity index is 1140. The number of ketones is 1. The van der Waals surface area contributed by atoms with Gasteiger partial charge in [-0.1, -0.05) is 48.5 Å². The molecule has 3 amide bonds. The van der Waals surface area contributed by atoms with Gasteiger partial charge in [-0.25, -0.2) is 9.59 Å². The normalized spacial score (nSPS) is 18.1. The molecule has 1 saturated heterocycles. The molecule has 0 saturated carbocycles. The minimum atomic E-state index is -0.642. The first kappa shape index (κ1) is 21.6. The van der Waals surface area contributed by atoms with Crippen LogP contribution in [0.4, 0.5) is 15.3 Å². The van der Waals surface area contributed by atoms with Crippen molar-refractivity contribution >= 4 is 34.4 Å². The molecule has 1 aromatic heterocycles. The number of benzene rings is 2. The number of carbonyl (C=O) groups excluding carboxylic acids is 3. The maximum Gasteiger partial charge on any atom is 0.323 e. The zero-order valence-corrected chi connectivity index (χ0v) is 17.7. The number of Topliss-reactive ketones (excluding diaryl/α,β-unsaturated/α-hetero) is 1. The second-order valence-corrected chi connectivity index (χ2v) is 8.17. The number of hydrogen-bond donors (Lipinski definition) is 3. The number of likely N-dealkylation sites (tertiary alicyclic amines) is 1. The van der Waals surface area contributed by atoms with Crippen molar-refractivity contribution < 1.29 is 14.4 Å². The topological polar surface area (TPSA) is 123 Å². The Morgan fingerprint density at radius 2 is 1.75 bits per heavy atom. The molecule has 1 fully saturated rings. The van der Waals surface area contributed by atoms with E-state index in [1.54, 1.807) is 18.2 Å². The molecule has 5 N–H and O–H groups in total. The van der Waals surface area contributed by atoms with Crippen molar-refractivity contribution in [2.24, 2.45) is 11.5 Å². The molecule has 0 radical (unpaired) electrons. The second-order valence-electron chi connectivity index (χ2n) is 8.17. The van der Waals surface area contributed by atoms with Gasteiger partial charge in [0, 0.05) is 30.6 Å². The quantitative estimate of drug-likeness (QED) is 0.553. The maximum absolute atomic E-state index is 13.1. The summed E-state index contributed by atoms with van der Waals surface area (Å²) in [7, 11) is 0. The lowest BCUT2D eigenvalue weighted by Gasteiger charge is -2.23. The Balaban J connectivity index is 1.45. The van der Waals surface area contributed by atoms with Crippen LogP contribution in [0, 0.1) is 0 Å². The number of fused-ring (bicyclic) bond motifs is 1. The molecular weight excluding hydrogens is 406 g/mol. The molecule has 0 unspecified atom stereocenters. The third kappa shape index (κ3) is 4.50. The van der Waals surface area contributed by atoms with Gasteiger partial charge in [-0.05, 0) is 30.9 Å². The molecule has 1 aliphatic heterocycles. The zero-order chi connectivity index (χ0) is 22.7. The number of primary amides is 1. The van der Waals surface area contributed by atoms with Gasteiger partial charge in [0.1, 0.15) is 0 Å². The molecule has 32 heavy (non-hydrogen) atoms. The minimum absolute atomic E-state index is 0.0172. The van der Waals surface area contributed by atoms with E-state index in [1.165, 1.54) is 21.2 Å². The summed E-state index contributed by atoms with van der Waals surface area (Å²) in [4.78, 5) is 39.3. The number of hydrogen-bond acceptors (Lipinski definition) is 4. The number of nitrogens with one attached hydrogen (secondary N) is 1. The summed E-state index contributed by atoms with van der Waals surface area (Å²) in [5.41, 5.74) is 13.8. The summed E-state index contributed by atoms with van der Waals surface area (Å²) in [5.74, 6) is 0.0172. The summed E-state index contributed by atoms with van der Waals surface area (Å²) in [6.45, 7) is 0.301. The molecule has 2 aromatic carbocycles. The van der Waals surface area contributed by atoms with Crippen LogP contribution in [-0.2, 0) is 11.2 Å². The maximum atomic E-state index is 13.1. The highest BCUT2D eigenvalue weighted by atomic mass is 16.2. The van der Waals surface area contributed by atoms with E-state index in [-0.39, 0.29) is 11.8 Å². The Morgan fingerprint density at radius 1 is 1.03 bits per heavy atom. The van der Waals surface area contributed by atoms with E-state index in [0.29, 0.717) is 36.0 Å². The van der Waals surface area contributed by atoms with Gasteiger partial charge >= 0.3 is 12.1 Å². The molecule has 8 heteroatoms. The number of para-hydroxylation sites is 1. The van der Waals surface area contributed by atoms with Crippen LogP contribution >= 0.6 is 0 Å². The Kier molecular flexibility index (Phi) is 6.23. The van der Waals surface area contributed by atoms with E-state index in [1.807, 2.05) is 36.4 Å². The number of nitrogens with two attached hydrogens (primary N) is 2. The number of amides is 3. The van der Waals surface area contributed by atoms with E-state index in [4.69, 9.17) is 11.5 Å². The number of carbonyl (C=O) groups is 3. The van der Waals surface area contributed by atoms with Gasteiger partial charge in [-0.3, -0.25) is 9.36 Å². The standard InChI is InChI=1S/C24H27N5O3/c25-17-13-21(22(30)12-6-9-16-7-2-1-3-8-16)29(14-17)24(32)27-19-15-28(23(26)31)20-11-5-4-10-18(19)20/h1-5,7-8,10-11,15,17,21H,6,9,12-14,25H2,(H2,26,31)(H,27,32)/t17-,21-/m0/s1. The fourth-order valence-electron chi connectivity index (χ4n) is 4.32. The van der Waals surface area contributed by atoms with E-state index < -0.39 is 18.1 Å². The molecule has 2 atom stereocenters. The molecule has 0 aliphatic carbocycles. The van der Waals surface area contributed by atoms with Gasteiger partial charge < -0.3 is 21.7 Å². The average Bonchev–Trinajstić information content (AvgIpc) is 3.36. The Hall–Kier alpha value is -3.65. The lowest BCUT2D eigenvalue weighted by Crippen LogP contribution is -2.43. The molecule has 3 aromatic rings. The number of nitrogens with zero attached hydrogens (tertiary/aromatic N) is 2. The van der Waals surface area contributed by atoms with Crippen LogP contribution in [0.25, 0.3) is 10.9 Å². The molecule has 0 spiro atoms. The summed E-state index contributed by atoms with van der Waals surface area (Å²) < 4.78 is 1.28. The highest BCUT2D eigenvalue weighted by Crippen LogP contribution is 2.27. The monoisotopic (exact) mass is 433 g/mol. The molecular formula is C24H27N5O3. The molecule has 1 aliphatic rings. The lowest BCUT2D eigenvalue weighted by molar-refractivity contribution is -0.122. The van der Waals surface area contributed by atoms with Crippen molar-refractivity contribution in [3.05, 3.63) is 66.4 Å². The van der Waals surface area contributed by atoms with Crippen molar-refractivity contribution in [1.82, 2.24) is 9.47 Å². The SMILES string of the molecule is NC(=O)n1cc(NC(=O)N2C[C@@H](N)C[C@H]2C(=O)CCCc2ccccc2)c2ccccc21. The van der Waals surface area contributed by atoms with Crippen LogP contribution < -0.4 is 16.8 Å². The predicted octanol–water partition coefficient (Wildman–Crippen LogP) is 3.09. The number of anilines is 1. The van der Waals surface area contributed by atoms with E-state index >= 15 is 0 Å². The van der Waals surface area contributed by atoms with Crippen molar-refractivity contribution in [2.45, 2.75) is 37.8 Å². The van der Waals surface area contributed by atoms with Gasteiger partial charge in [0.2, 0.25) is 0 Å². The van der Waals surface area contributed by atoms with Crippen molar-refractivity contribution in [3.8, 4) is 0 Å². The molecule has 4 rings (SSSR count). The first-order valence-corrected chi connectivity index (χ1v) is 10.7. The van der Waals surface area contributed by atoms with E-state index in [0.717, 1.165) is 12.8 Å². The van der Waals surface area contributed by atoms with Crippen molar-refractivity contribution in [3.63, 3.8) is 0 Å². The van der Waals surface area contributed by atoms with E-state index in [9.17, 15) is 14.4 Å². The van der Waals surface area contributed by atoms with Gasteiger partial charge in [0.25, 0.3) is 0 Å². The number of rotatable bonds is 6. The third-order valence-corrected chi connectivity index (χ3v) is 5.89. The van der Waals surface area contributed by atoms with Gasteiger partial charge in [0.05, 0.1) is 17.2 Å². The predicted molar refractivity (Wildman–Crippen MR) is 123 cm³/mol. The Labute approximate surface area is 186 Å². The smallest absolute Gasteiger partial charge is 0.323 e. The van der Waals surface area contributed by atoms with Gasteiger partial charge in [-0.15, -0.1) is 0 Å². The molecule has 0 bridgehead atoms. The fraction of sp³-hybridized carbons (Fsp3) is 0.292. The minimum Gasteiger partial charge on any atom is -0.351 e. The highest BCUT2D eigenvalue weighted by molar-refractivity contribution is 6.05. The van der Waals surface area contributed by atoms with Crippen molar-refractivity contribution in [1.29, 1.82) is 0 Å². The second kappa shape index (κ2) is 9.23. The molecule has 8 nitrogen and oxygen atoms in total. The molecule has 2 heterocycles. The van der Waals surface area contributed by atoms with Crippen LogP contribution in [0.3, 0.4) is 0 Å². The number of aromatic nitrogens is 1. The molecule has 166 valence electrons. The lowest BCUT2D eigenvalue weighted by atomic mass is 10.0. The van der Waals surface area contributed by atoms with Gasteiger partial charge in [-0.2, -0.15) is 0 Å². The summed E-state index contributed by atoms with van der Waals surface area (Å²) in [6, 6.07) is 15.3. The summed E-state index contributed by atoms with van der Waals surface area (Å²) >= 11 is 0. The van der Waals surface area contributed by atoms with Crippen LogP contribution in [-0.4, -0.2) is 45.9 Å². The van der Waals surface area contributed by atoms with Crippen LogP contribution in [0.1, 0.15) is 24.8 Å². The summed E-state index contributed by atoms with van der Waals surface area (Å²) in [6.07, 6.45) is 3.86. The zero-order valence-electron chi connectivity index (χ0n) is 17.7. The number of urea groups is 1. The van der Waals surface area contributed by atoms with Crippen LogP contribution in [0.15, 0.2) is 60.8 Å². The Morgan fingerprint density at radius 3 is 2.50 bits per heavy atom. The highest BCUT2D eigenvalue weighted by Gasteiger charge is 2.37. The van der Waals surface area contributed by atoms with Gasteiger partial charge in [0.15, 0.2) is 5.78 Å².